The topological polar surface area (TPSA) is 72.5 Å². The summed E-state index contributed by atoms with van der Waals surface area (Å²) in [7, 11) is -0.494. The number of benzene rings is 2. The Morgan fingerprint density at radius 3 is 2.35 bits per heavy atom. The summed E-state index contributed by atoms with van der Waals surface area (Å²) in [4.78, 5) is 17.5. The molecule has 172 valence electrons. The Labute approximate surface area is 200 Å². The zero-order chi connectivity index (χ0) is 24.1. The Morgan fingerprint density at radius 1 is 0.971 bits per heavy atom. The number of aryl methyl sites for hydroxylation is 1. The molecule has 2 aliphatic heterocycles. The standard InChI is InChI=1S/C27H28BN3O3/c1-17-15-20(13-14-29-17)30-24(18-9-7-6-8-10-18)23-21-12-11-19(16-22(21)31-25(23)32)28-33-26(2,3)27(4,5)34-28/h6-16H,1-5H3,(H,29,30)(H,31,32)/b24-23-. The van der Waals surface area contributed by atoms with Gasteiger partial charge in [-0.2, -0.15) is 0 Å². The van der Waals surface area contributed by atoms with E-state index in [1.54, 1.807) is 6.20 Å². The van der Waals surface area contributed by atoms with Crippen molar-refractivity contribution in [3.05, 3.63) is 83.7 Å². The third-order valence-corrected chi connectivity index (χ3v) is 6.79. The van der Waals surface area contributed by atoms with Crippen molar-refractivity contribution in [3.8, 4) is 0 Å². The van der Waals surface area contributed by atoms with E-state index >= 15 is 0 Å². The van der Waals surface area contributed by atoms with Gasteiger partial charge in [-0.1, -0.05) is 42.5 Å². The lowest BCUT2D eigenvalue weighted by Gasteiger charge is -2.32. The van der Waals surface area contributed by atoms with E-state index in [0.717, 1.165) is 39.4 Å². The Hall–Kier alpha value is -3.42. The van der Waals surface area contributed by atoms with Gasteiger partial charge in [-0.05, 0) is 63.8 Å². The summed E-state index contributed by atoms with van der Waals surface area (Å²) in [6.45, 7) is 10.1. The summed E-state index contributed by atoms with van der Waals surface area (Å²) in [6.07, 6.45) is 1.75. The van der Waals surface area contributed by atoms with Crippen LogP contribution in [0.15, 0.2) is 66.9 Å². The van der Waals surface area contributed by atoms with Gasteiger partial charge in [0.25, 0.3) is 5.91 Å². The lowest BCUT2D eigenvalue weighted by molar-refractivity contribution is -0.110. The largest absolute Gasteiger partial charge is 0.494 e. The fourth-order valence-electron chi connectivity index (χ4n) is 4.22. The number of pyridine rings is 1. The van der Waals surface area contributed by atoms with Crippen molar-refractivity contribution >= 4 is 41.1 Å². The highest BCUT2D eigenvalue weighted by Gasteiger charge is 2.52. The number of rotatable bonds is 4. The molecule has 0 aliphatic carbocycles. The number of nitrogens with one attached hydrogen (secondary N) is 2. The number of nitrogens with zero attached hydrogens (tertiary/aromatic N) is 1. The highest BCUT2D eigenvalue weighted by Crippen LogP contribution is 2.39. The normalized spacial score (nSPS) is 19.6. The average Bonchev–Trinajstić information content (AvgIpc) is 3.23. The van der Waals surface area contributed by atoms with E-state index in [1.807, 2.05) is 95.3 Å². The molecule has 0 saturated carbocycles. The first-order valence-electron chi connectivity index (χ1n) is 11.5. The summed E-state index contributed by atoms with van der Waals surface area (Å²) in [5, 5.41) is 6.51. The first-order chi connectivity index (χ1) is 16.1. The number of hydrogen-bond acceptors (Lipinski definition) is 5. The van der Waals surface area contributed by atoms with Crippen LogP contribution in [0.25, 0.3) is 11.3 Å². The molecule has 0 bridgehead atoms. The maximum Gasteiger partial charge on any atom is 0.494 e. The summed E-state index contributed by atoms with van der Waals surface area (Å²) in [5.74, 6) is -0.154. The lowest BCUT2D eigenvalue weighted by atomic mass is 9.78. The van der Waals surface area contributed by atoms with Crippen LogP contribution in [0.5, 0.6) is 0 Å². The number of hydrogen-bond donors (Lipinski definition) is 2. The van der Waals surface area contributed by atoms with Crippen molar-refractivity contribution in [3.63, 3.8) is 0 Å². The molecule has 0 spiro atoms. The summed E-state index contributed by atoms with van der Waals surface area (Å²) >= 11 is 0. The maximum absolute atomic E-state index is 13.3. The van der Waals surface area contributed by atoms with Crippen molar-refractivity contribution in [2.24, 2.45) is 0 Å². The molecule has 2 aliphatic rings. The number of aromatic nitrogens is 1. The van der Waals surface area contributed by atoms with E-state index in [9.17, 15) is 4.79 Å². The minimum absolute atomic E-state index is 0.154. The highest BCUT2D eigenvalue weighted by molar-refractivity contribution is 6.62. The van der Waals surface area contributed by atoms with E-state index in [2.05, 4.69) is 15.6 Å². The zero-order valence-corrected chi connectivity index (χ0v) is 20.1. The predicted molar refractivity (Wildman–Crippen MR) is 137 cm³/mol. The summed E-state index contributed by atoms with van der Waals surface area (Å²) < 4.78 is 12.4. The summed E-state index contributed by atoms with van der Waals surface area (Å²) in [5.41, 5.74) is 5.61. The van der Waals surface area contributed by atoms with Gasteiger partial charge in [0, 0.05) is 28.8 Å². The van der Waals surface area contributed by atoms with Crippen LogP contribution in [-0.2, 0) is 14.1 Å². The van der Waals surface area contributed by atoms with Crippen molar-refractivity contribution in [2.75, 3.05) is 10.6 Å². The van der Waals surface area contributed by atoms with E-state index in [-0.39, 0.29) is 5.91 Å². The van der Waals surface area contributed by atoms with E-state index < -0.39 is 18.3 Å². The molecule has 3 aromatic rings. The molecule has 34 heavy (non-hydrogen) atoms. The predicted octanol–water partition coefficient (Wildman–Crippen LogP) is 4.62. The Balaban J connectivity index is 1.58. The molecular weight excluding hydrogens is 425 g/mol. The molecule has 5 rings (SSSR count). The molecule has 1 aromatic heterocycles. The van der Waals surface area contributed by atoms with Crippen LogP contribution in [0.1, 0.15) is 44.5 Å². The molecule has 2 N–H and O–H groups in total. The van der Waals surface area contributed by atoms with Crippen LogP contribution in [0.2, 0.25) is 0 Å². The monoisotopic (exact) mass is 453 g/mol. The van der Waals surface area contributed by atoms with Crippen molar-refractivity contribution < 1.29 is 14.1 Å². The zero-order valence-electron chi connectivity index (χ0n) is 20.1. The third-order valence-electron chi connectivity index (χ3n) is 6.79. The fraction of sp³-hybridized carbons (Fsp3) is 0.259. The van der Waals surface area contributed by atoms with Gasteiger partial charge in [-0.3, -0.25) is 9.78 Å². The van der Waals surface area contributed by atoms with Gasteiger partial charge < -0.3 is 19.9 Å². The number of anilines is 2. The number of amides is 1. The average molecular weight is 453 g/mol. The minimum atomic E-state index is -0.494. The number of fused-ring (bicyclic) bond motifs is 1. The van der Waals surface area contributed by atoms with Crippen LogP contribution in [0.4, 0.5) is 11.4 Å². The molecular formula is C27H28BN3O3. The SMILES string of the molecule is Cc1cc(N/C(=C2\C(=O)Nc3cc(B4OC(C)(C)C(C)(C)O4)ccc32)c2ccccc2)ccn1. The number of carbonyl (C=O) groups is 1. The molecule has 2 aromatic carbocycles. The van der Waals surface area contributed by atoms with Gasteiger partial charge in [0.2, 0.25) is 0 Å². The molecule has 3 heterocycles. The molecule has 1 saturated heterocycles. The van der Waals surface area contributed by atoms with Crippen LogP contribution in [0.3, 0.4) is 0 Å². The maximum atomic E-state index is 13.3. The molecule has 6 nitrogen and oxygen atoms in total. The van der Waals surface area contributed by atoms with Crippen LogP contribution >= 0.6 is 0 Å². The first-order valence-corrected chi connectivity index (χ1v) is 11.5. The highest BCUT2D eigenvalue weighted by atomic mass is 16.7. The number of carbonyl (C=O) groups excluding carboxylic acids is 1. The molecule has 1 fully saturated rings. The van der Waals surface area contributed by atoms with Gasteiger partial charge in [0.05, 0.1) is 22.5 Å². The smallest absolute Gasteiger partial charge is 0.399 e. The van der Waals surface area contributed by atoms with Crippen LogP contribution < -0.4 is 16.1 Å². The Bertz CT molecular complexity index is 1290. The van der Waals surface area contributed by atoms with Gasteiger partial charge in [0.1, 0.15) is 0 Å². The second-order valence-electron chi connectivity index (χ2n) is 9.77. The first kappa shape index (κ1) is 22.4. The van der Waals surface area contributed by atoms with Gasteiger partial charge in [0.15, 0.2) is 0 Å². The molecule has 7 heteroatoms. The second kappa shape index (κ2) is 8.11. The Kier molecular flexibility index (Phi) is 5.34. The van der Waals surface area contributed by atoms with Crippen molar-refractivity contribution in [2.45, 2.75) is 45.8 Å². The van der Waals surface area contributed by atoms with E-state index in [1.165, 1.54) is 0 Å². The Morgan fingerprint density at radius 2 is 1.68 bits per heavy atom. The quantitative estimate of drug-likeness (QED) is 0.446. The van der Waals surface area contributed by atoms with Crippen LogP contribution in [0, 0.1) is 6.92 Å². The summed E-state index contributed by atoms with van der Waals surface area (Å²) in [6, 6.07) is 19.6. The molecule has 0 atom stereocenters. The minimum Gasteiger partial charge on any atom is -0.399 e. The molecule has 1 amide bonds. The molecule has 0 radical (unpaired) electrons. The fourth-order valence-corrected chi connectivity index (χ4v) is 4.22. The van der Waals surface area contributed by atoms with Crippen LogP contribution in [-0.4, -0.2) is 29.2 Å². The van der Waals surface area contributed by atoms with Crippen molar-refractivity contribution in [1.82, 2.24) is 4.98 Å². The third kappa shape index (κ3) is 3.91. The van der Waals surface area contributed by atoms with Gasteiger partial charge >= 0.3 is 7.12 Å². The van der Waals surface area contributed by atoms with E-state index in [0.29, 0.717) is 5.57 Å². The molecule has 0 unspecified atom stereocenters. The van der Waals surface area contributed by atoms with Gasteiger partial charge in [-0.25, -0.2) is 0 Å². The van der Waals surface area contributed by atoms with Crippen molar-refractivity contribution in [1.29, 1.82) is 0 Å². The lowest BCUT2D eigenvalue weighted by Crippen LogP contribution is -2.41. The second-order valence-corrected chi connectivity index (χ2v) is 9.77. The van der Waals surface area contributed by atoms with Gasteiger partial charge in [-0.15, -0.1) is 0 Å². The van der Waals surface area contributed by atoms with E-state index in [4.69, 9.17) is 9.31 Å².